The van der Waals surface area contributed by atoms with E-state index < -0.39 is 12.1 Å². The topological polar surface area (TPSA) is 116 Å². The first-order valence-electron chi connectivity index (χ1n) is 10.4. The lowest BCUT2D eigenvalue weighted by Gasteiger charge is -2.23. The SMILES string of the molecule is CCOC(=O)[C@H](CC)N[C@@H](Cc1ccc(-c2cccc(Cl)c2)cc1)C(=O)NC1=NNNN1. The van der Waals surface area contributed by atoms with Crippen LogP contribution in [0.1, 0.15) is 25.8 Å². The zero-order valence-corrected chi connectivity index (χ0v) is 18.7. The molecule has 32 heavy (non-hydrogen) atoms. The number of halogens is 1. The van der Waals surface area contributed by atoms with Crippen molar-refractivity contribution in [1.29, 1.82) is 0 Å². The lowest BCUT2D eigenvalue weighted by atomic mass is 9.99. The van der Waals surface area contributed by atoms with Crippen LogP contribution in [0.3, 0.4) is 0 Å². The fourth-order valence-electron chi connectivity index (χ4n) is 3.26. The molecule has 0 radical (unpaired) electrons. The Bertz CT molecular complexity index is 966. The largest absolute Gasteiger partial charge is 0.465 e. The maximum Gasteiger partial charge on any atom is 0.323 e. The molecule has 3 rings (SSSR count). The van der Waals surface area contributed by atoms with Crippen LogP contribution in [0.25, 0.3) is 11.1 Å². The van der Waals surface area contributed by atoms with Gasteiger partial charge in [-0.1, -0.05) is 54.9 Å². The Labute approximate surface area is 191 Å². The highest BCUT2D eigenvalue weighted by Crippen LogP contribution is 2.23. The molecule has 10 heteroatoms. The second kappa shape index (κ2) is 11.5. The van der Waals surface area contributed by atoms with E-state index in [2.05, 4.69) is 32.2 Å². The van der Waals surface area contributed by atoms with Crippen molar-refractivity contribution in [3.63, 3.8) is 0 Å². The second-order valence-electron chi connectivity index (χ2n) is 7.15. The third-order valence-electron chi connectivity index (χ3n) is 4.90. The molecule has 1 heterocycles. The van der Waals surface area contributed by atoms with Crippen LogP contribution in [-0.2, 0) is 20.7 Å². The molecule has 1 aliphatic heterocycles. The van der Waals surface area contributed by atoms with Gasteiger partial charge in [-0.05, 0) is 48.6 Å². The van der Waals surface area contributed by atoms with Crippen LogP contribution in [0.5, 0.6) is 0 Å². The molecule has 2 aromatic carbocycles. The average molecular weight is 459 g/mol. The third-order valence-corrected chi connectivity index (χ3v) is 5.13. The van der Waals surface area contributed by atoms with Crippen LogP contribution in [0.15, 0.2) is 53.6 Å². The first kappa shape index (κ1) is 23.5. The minimum absolute atomic E-state index is 0.238. The number of carbonyl (C=O) groups is 2. The molecular weight excluding hydrogens is 432 g/mol. The van der Waals surface area contributed by atoms with Crippen LogP contribution in [-0.4, -0.2) is 36.5 Å². The summed E-state index contributed by atoms with van der Waals surface area (Å²) in [5.41, 5.74) is 10.7. The van der Waals surface area contributed by atoms with E-state index in [1.807, 2.05) is 55.5 Å². The Kier molecular flexibility index (Phi) is 8.43. The first-order valence-corrected chi connectivity index (χ1v) is 10.8. The molecule has 5 N–H and O–H groups in total. The van der Waals surface area contributed by atoms with Crippen molar-refractivity contribution in [2.24, 2.45) is 5.10 Å². The number of hydrogen-bond acceptors (Lipinski definition) is 8. The number of hydrazone groups is 1. The van der Waals surface area contributed by atoms with E-state index in [0.717, 1.165) is 16.7 Å². The molecule has 0 saturated carbocycles. The minimum Gasteiger partial charge on any atom is -0.465 e. The number of hydrazine groups is 2. The van der Waals surface area contributed by atoms with E-state index in [0.29, 0.717) is 17.9 Å². The van der Waals surface area contributed by atoms with E-state index in [4.69, 9.17) is 16.3 Å². The Morgan fingerprint density at radius 3 is 2.50 bits per heavy atom. The van der Waals surface area contributed by atoms with Gasteiger partial charge in [0.25, 0.3) is 0 Å². The van der Waals surface area contributed by atoms with Crippen LogP contribution in [0.4, 0.5) is 0 Å². The molecule has 0 saturated heterocycles. The van der Waals surface area contributed by atoms with Crippen molar-refractivity contribution < 1.29 is 14.3 Å². The molecule has 0 aliphatic carbocycles. The van der Waals surface area contributed by atoms with Crippen LogP contribution < -0.4 is 27.1 Å². The summed E-state index contributed by atoms with van der Waals surface area (Å²) in [6.07, 6.45) is 0.852. The molecule has 170 valence electrons. The fraction of sp³-hybridized carbons (Fsp3) is 0.318. The Morgan fingerprint density at radius 2 is 1.88 bits per heavy atom. The number of esters is 1. The Hall–Kier alpha value is -3.14. The van der Waals surface area contributed by atoms with Gasteiger partial charge in [0.15, 0.2) is 0 Å². The van der Waals surface area contributed by atoms with Gasteiger partial charge in [0.2, 0.25) is 11.9 Å². The summed E-state index contributed by atoms with van der Waals surface area (Å²) >= 11 is 6.10. The molecule has 0 bridgehead atoms. The summed E-state index contributed by atoms with van der Waals surface area (Å²) in [6.45, 7) is 3.89. The van der Waals surface area contributed by atoms with E-state index >= 15 is 0 Å². The van der Waals surface area contributed by atoms with Crippen LogP contribution in [0.2, 0.25) is 5.02 Å². The van der Waals surface area contributed by atoms with Crippen molar-refractivity contribution in [1.82, 2.24) is 27.1 Å². The Balaban J connectivity index is 1.76. The van der Waals surface area contributed by atoms with Crippen molar-refractivity contribution in [3.8, 4) is 11.1 Å². The van der Waals surface area contributed by atoms with Gasteiger partial charge in [0.05, 0.1) is 12.6 Å². The lowest BCUT2D eigenvalue weighted by molar-refractivity contribution is -0.146. The predicted molar refractivity (Wildman–Crippen MR) is 123 cm³/mol. The monoisotopic (exact) mass is 458 g/mol. The molecule has 0 fully saturated rings. The molecule has 9 nitrogen and oxygen atoms in total. The number of ether oxygens (including phenoxy) is 1. The van der Waals surface area contributed by atoms with Gasteiger partial charge >= 0.3 is 5.97 Å². The summed E-state index contributed by atoms with van der Waals surface area (Å²) in [4.78, 5) is 25.2. The number of nitrogens with one attached hydrogen (secondary N) is 5. The number of hydrogen-bond donors (Lipinski definition) is 5. The number of guanidine groups is 1. The molecule has 2 atom stereocenters. The van der Waals surface area contributed by atoms with Gasteiger partial charge in [-0.2, -0.15) is 0 Å². The van der Waals surface area contributed by atoms with E-state index in [1.165, 1.54) is 0 Å². The van der Waals surface area contributed by atoms with Crippen molar-refractivity contribution in [3.05, 3.63) is 59.1 Å². The highest BCUT2D eigenvalue weighted by atomic mass is 35.5. The summed E-state index contributed by atoms with van der Waals surface area (Å²) in [5.74, 6) is -0.477. The second-order valence-corrected chi connectivity index (χ2v) is 7.59. The molecule has 1 amide bonds. The van der Waals surface area contributed by atoms with Crippen molar-refractivity contribution >= 4 is 29.4 Å². The number of benzene rings is 2. The maximum absolute atomic E-state index is 12.9. The maximum atomic E-state index is 12.9. The number of carbonyl (C=O) groups excluding carboxylic acids is 2. The van der Waals surface area contributed by atoms with Crippen LogP contribution >= 0.6 is 11.6 Å². The standard InChI is InChI=1S/C22H27ClN6O3/c1-3-18(21(31)32-4-2)24-19(20(30)25-22-26-28-29-27-22)12-14-8-10-15(11-9-14)16-6-5-7-17(23)13-16/h5-11,13,18-19,24,28-29H,3-4,12H2,1-2H3,(H2,25,26,27,30)/t18-,19-/m0/s1. The predicted octanol–water partition coefficient (Wildman–Crippen LogP) is 1.85. The summed E-state index contributed by atoms with van der Waals surface area (Å²) in [7, 11) is 0. The average Bonchev–Trinajstić information content (AvgIpc) is 3.30. The van der Waals surface area contributed by atoms with Gasteiger partial charge in [0, 0.05) is 5.02 Å². The highest BCUT2D eigenvalue weighted by Gasteiger charge is 2.27. The number of nitrogens with zero attached hydrogens (tertiary/aromatic N) is 1. The third kappa shape index (κ3) is 6.43. The zero-order valence-electron chi connectivity index (χ0n) is 17.9. The lowest BCUT2D eigenvalue weighted by Crippen LogP contribution is -2.55. The summed E-state index contributed by atoms with van der Waals surface area (Å²) in [5, 5.41) is 10.4. The van der Waals surface area contributed by atoms with Gasteiger partial charge in [-0.25, -0.2) is 5.53 Å². The molecule has 2 aromatic rings. The smallest absolute Gasteiger partial charge is 0.323 e. The zero-order chi connectivity index (χ0) is 22.9. The quantitative estimate of drug-likeness (QED) is 0.364. The number of rotatable bonds is 9. The molecule has 1 aliphatic rings. The molecular formula is C22H27ClN6O3. The number of amides is 1. The summed E-state index contributed by atoms with van der Waals surface area (Å²) in [6, 6.07) is 14.2. The van der Waals surface area contributed by atoms with E-state index in [-0.39, 0.29) is 24.4 Å². The fourth-order valence-corrected chi connectivity index (χ4v) is 3.45. The summed E-state index contributed by atoms with van der Waals surface area (Å²) < 4.78 is 5.13. The molecule has 0 unspecified atom stereocenters. The Morgan fingerprint density at radius 1 is 1.09 bits per heavy atom. The first-order chi connectivity index (χ1) is 15.5. The van der Waals surface area contributed by atoms with Gasteiger partial charge in [-0.3, -0.25) is 25.6 Å². The van der Waals surface area contributed by atoms with Crippen molar-refractivity contribution in [2.75, 3.05) is 6.61 Å². The van der Waals surface area contributed by atoms with Crippen molar-refractivity contribution in [2.45, 2.75) is 38.8 Å². The van der Waals surface area contributed by atoms with Gasteiger partial charge < -0.3 is 4.74 Å². The minimum atomic E-state index is -0.688. The van der Waals surface area contributed by atoms with Gasteiger partial charge in [-0.15, -0.1) is 10.6 Å². The normalized spacial score (nSPS) is 14.5. The van der Waals surface area contributed by atoms with E-state index in [1.54, 1.807) is 6.92 Å². The molecule has 0 aromatic heterocycles. The van der Waals surface area contributed by atoms with Gasteiger partial charge in [0.1, 0.15) is 6.04 Å². The highest BCUT2D eigenvalue weighted by molar-refractivity contribution is 6.30. The molecule has 0 spiro atoms. The van der Waals surface area contributed by atoms with E-state index in [9.17, 15) is 9.59 Å². The van der Waals surface area contributed by atoms with Crippen LogP contribution in [0, 0.1) is 0 Å².